The van der Waals surface area contributed by atoms with Gasteiger partial charge in [0.1, 0.15) is 5.75 Å². The Hall–Kier alpha value is -1.26. The number of hydrogen-bond donors (Lipinski definition) is 2. The van der Waals surface area contributed by atoms with Crippen LogP contribution in [-0.2, 0) is 4.79 Å². The molecule has 1 aromatic carbocycles. The van der Waals surface area contributed by atoms with E-state index < -0.39 is 0 Å². The van der Waals surface area contributed by atoms with Crippen LogP contribution in [0.2, 0.25) is 0 Å². The molecular formula is C13H19ClN2O2. The molecule has 0 aliphatic carbocycles. The molecule has 1 fully saturated rings. The van der Waals surface area contributed by atoms with Gasteiger partial charge < -0.3 is 15.4 Å². The Morgan fingerprint density at radius 2 is 1.89 bits per heavy atom. The van der Waals surface area contributed by atoms with Gasteiger partial charge in [0, 0.05) is 11.6 Å². The van der Waals surface area contributed by atoms with Crippen LogP contribution in [0, 0.1) is 5.92 Å². The topological polar surface area (TPSA) is 50.4 Å². The lowest BCUT2D eigenvalue weighted by atomic mass is 9.97. The predicted octanol–water partition coefficient (Wildman–Crippen LogP) is 2.06. The first-order valence-corrected chi connectivity index (χ1v) is 5.95. The normalized spacial score (nSPS) is 15.6. The molecule has 1 heterocycles. The zero-order chi connectivity index (χ0) is 12.1. The summed E-state index contributed by atoms with van der Waals surface area (Å²) in [6, 6.07) is 7.41. The van der Waals surface area contributed by atoms with Gasteiger partial charge in [0.2, 0.25) is 5.91 Å². The number of rotatable bonds is 3. The van der Waals surface area contributed by atoms with E-state index in [0.29, 0.717) is 0 Å². The van der Waals surface area contributed by atoms with Gasteiger partial charge in [-0.1, -0.05) is 0 Å². The van der Waals surface area contributed by atoms with E-state index in [0.717, 1.165) is 37.4 Å². The quantitative estimate of drug-likeness (QED) is 0.884. The van der Waals surface area contributed by atoms with Crippen LogP contribution in [0.1, 0.15) is 12.8 Å². The number of carbonyl (C=O) groups excluding carboxylic acids is 1. The van der Waals surface area contributed by atoms with Gasteiger partial charge >= 0.3 is 0 Å². The minimum absolute atomic E-state index is 0. The standard InChI is InChI=1S/C13H18N2O2.ClH/c1-17-12-4-2-11(3-5-12)15-13(16)10-6-8-14-9-7-10;/h2-5,10,14H,6-9H2,1H3,(H,15,16);1H. The first kappa shape index (κ1) is 14.8. The van der Waals surface area contributed by atoms with Crippen LogP contribution in [0.25, 0.3) is 0 Å². The Bertz CT molecular complexity index is 375. The molecular weight excluding hydrogens is 252 g/mol. The molecule has 0 aromatic heterocycles. The van der Waals surface area contributed by atoms with Crippen molar-refractivity contribution in [2.45, 2.75) is 12.8 Å². The number of amides is 1. The molecule has 18 heavy (non-hydrogen) atoms. The Morgan fingerprint density at radius 1 is 1.28 bits per heavy atom. The highest BCUT2D eigenvalue weighted by Crippen LogP contribution is 2.18. The van der Waals surface area contributed by atoms with E-state index in [1.807, 2.05) is 24.3 Å². The van der Waals surface area contributed by atoms with Gasteiger partial charge in [-0.3, -0.25) is 4.79 Å². The number of hydrogen-bond acceptors (Lipinski definition) is 3. The first-order valence-electron chi connectivity index (χ1n) is 5.95. The monoisotopic (exact) mass is 270 g/mol. The molecule has 0 saturated carbocycles. The van der Waals surface area contributed by atoms with Gasteiger partial charge in [-0.05, 0) is 50.2 Å². The van der Waals surface area contributed by atoms with Crippen molar-refractivity contribution in [1.29, 1.82) is 0 Å². The predicted molar refractivity (Wildman–Crippen MR) is 74.5 cm³/mol. The molecule has 0 spiro atoms. The van der Waals surface area contributed by atoms with E-state index in [2.05, 4.69) is 10.6 Å². The third-order valence-corrected chi connectivity index (χ3v) is 3.07. The third-order valence-electron chi connectivity index (χ3n) is 3.07. The highest BCUT2D eigenvalue weighted by Gasteiger charge is 2.20. The molecule has 2 rings (SSSR count). The molecule has 1 aliphatic heterocycles. The summed E-state index contributed by atoms with van der Waals surface area (Å²) in [7, 11) is 1.63. The number of nitrogens with one attached hydrogen (secondary N) is 2. The third kappa shape index (κ3) is 3.89. The second kappa shape index (κ2) is 7.24. The Morgan fingerprint density at radius 3 is 2.44 bits per heavy atom. The smallest absolute Gasteiger partial charge is 0.227 e. The molecule has 1 aromatic rings. The summed E-state index contributed by atoms with van der Waals surface area (Å²) in [6.07, 6.45) is 1.84. The molecule has 1 aliphatic rings. The summed E-state index contributed by atoms with van der Waals surface area (Å²) in [6.45, 7) is 1.86. The van der Waals surface area contributed by atoms with E-state index in [4.69, 9.17) is 4.74 Å². The molecule has 1 saturated heterocycles. The molecule has 1 amide bonds. The van der Waals surface area contributed by atoms with Crippen LogP contribution in [0.5, 0.6) is 5.75 Å². The van der Waals surface area contributed by atoms with Crippen LogP contribution in [0.3, 0.4) is 0 Å². The van der Waals surface area contributed by atoms with Crippen LogP contribution in [-0.4, -0.2) is 26.1 Å². The number of ether oxygens (including phenoxy) is 1. The molecule has 0 unspecified atom stereocenters. The summed E-state index contributed by atoms with van der Waals surface area (Å²) in [5, 5.41) is 6.19. The van der Waals surface area contributed by atoms with Gasteiger partial charge in [-0.2, -0.15) is 0 Å². The Kier molecular flexibility index (Phi) is 5.95. The number of anilines is 1. The fraction of sp³-hybridized carbons (Fsp3) is 0.462. The highest BCUT2D eigenvalue weighted by atomic mass is 35.5. The van der Waals surface area contributed by atoms with Crippen LogP contribution in [0.4, 0.5) is 5.69 Å². The van der Waals surface area contributed by atoms with Crippen molar-refractivity contribution in [3.05, 3.63) is 24.3 Å². The summed E-state index contributed by atoms with van der Waals surface area (Å²) < 4.78 is 5.07. The number of piperidine rings is 1. The zero-order valence-electron chi connectivity index (χ0n) is 10.4. The second-order valence-corrected chi connectivity index (χ2v) is 4.24. The van der Waals surface area contributed by atoms with Crippen LogP contribution in [0.15, 0.2) is 24.3 Å². The lowest BCUT2D eigenvalue weighted by Gasteiger charge is -2.21. The van der Waals surface area contributed by atoms with Gasteiger partial charge in [0.05, 0.1) is 7.11 Å². The molecule has 0 bridgehead atoms. The summed E-state index contributed by atoms with van der Waals surface area (Å²) >= 11 is 0. The Balaban J connectivity index is 0.00000162. The van der Waals surface area contributed by atoms with Crippen LogP contribution < -0.4 is 15.4 Å². The van der Waals surface area contributed by atoms with Crippen molar-refractivity contribution in [2.75, 3.05) is 25.5 Å². The van der Waals surface area contributed by atoms with E-state index in [1.165, 1.54) is 0 Å². The summed E-state index contributed by atoms with van der Waals surface area (Å²) in [4.78, 5) is 12.0. The largest absolute Gasteiger partial charge is 0.497 e. The molecule has 4 nitrogen and oxygen atoms in total. The maximum Gasteiger partial charge on any atom is 0.227 e. The average molecular weight is 271 g/mol. The fourth-order valence-corrected chi connectivity index (χ4v) is 2.00. The van der Waals surface area contributed by atoms with Gasteiger partial charge in [0.25, 0.3) is 0 Å². The van der Waals surface area contributed by atoms with E-state index in [-0.39, 0.29) is 24.2 Å². The van der Waals surface area contributed by atoms with Crippen molar-refractivity contribution >= 4 is 24.0 Å². The van der Waals surface area contributed by atoms with Crippen LogP contribution >= 0.6 is 12.4 Å². The highest BCUT2D eigenvalue weighted by molar-refractivity contribution is 5.92. The average Bonchev–Trinajstić information content (AvgIpc) is 2.40. The molecule has 5 heteroatoms. The molecule has 100 valence electrons. The number of halogens is 1. The van der Waals surface area contributed by atoms with Gasteiger partial charge in [-0.25, -0.2) is 0 Å². The molecule has 0 radical (unpaired) electrons. The number of carbonyl (C=O) groups is 1. The zero-order valence-corrected chi connectivity index (χ0v) is 11.3. The Labute approximate surface area is 114 Å². The SMILES string of the molecule is COc1ccc(NC(=O)C2CCNCC2)cc1.Cl. The van der Waals surface area contributed by atoms with Crippen molar-refractivity contribution < 1.29 is 9.53 Å². The van der Waals surface area contributed by atoms with Crippen molar-refractivity contribution in [2.24, 2.45) is 5.92 Å². The van der Waals surface area contributed by atoms with Gasteiger partial charge in [0.15, 0.2) is 0 Å². The van der Waals surface area contributed by atoms with Crippen molar-refractivity contribution in [3.63, 3.8) is 0 Å². The maximum absolute atomic E-state index is 12.0. The summed E-state index contributed by atoms with van der Waals surface area (Å²) in [5.41, 5.74) is 0.828. The lowest BCUT2D eigenvalue weighted by Crippen LogP contribution is -2.34. The minimum atomic E-state index is 0. The molecule has 0 atom stereocenters. The number of benzene rings is 1. The first-order chi connectivity index (χ1) is 8.29. The number of methoxy groups -OCH3 is 1. The van der Waals surface area contributed by atoms with Gasteiger partial charge in [-0.15, -0.1) is 12.4 Å². The van der Waals surface area contributed by atoms with Crippen molar-refractivity contribution in [3.8, 4) is 5.75 Å². The van der Waals surface area contributed by atoms with E-state index in [1.54, 1.807) is 7.11 Å². The lowest BCUT2D eigenvalue weighted by molar-refractivity contribution is -0.120. The second-order valence-electron chi connectivity index (χ2n) is 4.24. The van der Waals surface area contributed by atoms with E-state index in [9.17, 15) is 4.79 Å². The minimum Gasteiger partial charge on any atom is -0.497 e. The van der Waals surface area contributed by atoms with E-state index >= 15 is 0 Å². The molecule has 2 N–H and O–H groups in total. The fourth-order valence-electron chi connectivity index (χ4n) is 2.00. The summed E-state index contributed by atoms with van der Waals surface area (Å²) in [5.74, 6) is 1.06. The van der Waals surface area contributed by atoms with Crippen molar-refractivity contribution in [1.82, 2.24) is 5.32 Å². The maximum atomic E-state index is 12.0.